The van der Waals surface area contributed by atoms with Gasteiger partial charge in [-0.05, 0) is 12.1 Å². The third kappa shape index (κ3) is 1.82. The Morgan fingerprint density at radius 1 is 1.08 bits per heavy atom. The normalized spacial score (nSPS) is 8.67. The highest BCUT2D eigenvalue weighted by Gasteiger charge is 2.12. The van der Waals surface area contributed by atoms with E-state index in [4.69, 9.17) is 10.2 Å². The zero-order valence-electron chi connectivity index (χ0n) is 5.68. The summed E-state index contributed by atoms with van der Waals surface area (Å²) in [6.07, 6.45) is 0. The van der Waals surface area contributed by atoms with Gasteiger partial charge in [-0.2, -0.15) is 0 Å². The lowest BCUT2D eigenvalue weighted by atomic mass is 10.4. The average Bonchev–Trinajstić information content (AvgIpc) is 2.33. The van der Waals surface area contributed by atoms with Crippen molar-refractivity contribution in [1.29, 1.82) is 0 Å². The van der Waals surface area contributed by atoms with Gasteiger partial charge in [-0.15, -0.1) is 0 Å². The topological polar surface area (TPSA) is 87.7 Å². The molecule has 1 heterocycles. The molecule has 0 aliphatic carbocycles. The Morgan fingerprint density at radius 3 is 1.58 bits per heavy atom. The summed E-state index contributed by atoms with van der Waals surface area (Å²) in [5.41, 5.74) is 0. The standard InChI is InChI=1S/C6H4O5.FH/c7-5(8)3-1-2-4(11-3)6(9)10;/h1-2H,(H,7,8)(H,9,10);1H. The molecule has 2 N–H and O–H groups in total. The van der Waals surface area contributed by atoms with Gasteiger partial charge in [-0.3, -0.25) is 4.70 Å². The van der Waals surface area contributed by atoms with E-state index in [-0.39, 0.29) is 16.2 Å². The molecule has 0 saturated carbocycles. The molecule has 0 aliphatic heterocycles. The summed E-state index contributed by atoms with van der Waals surface area (Å²) >= 11 is 0. The molecule has 1 aromatic rings. The van der Waals surface area contributed by atoms with Crippen LogP contribution >= 0.6 is 0 Å². The van der Waals surface area contributed by atoms with Gasteiger partial charge in [0.2, 0.25) is 11.5 Å². The fraction of sp³-hybridized carbons (Fsp3) is 0. The van der Waals surface area contributed by atoms with Crippen LogP contribution in [0, 0.1) is 0 Å². The molecule has 0 amide bonds. The molecule has 0 unspecified atom stereocenters. The zero-order chi connectivity index (χ0) is 8.43. The van der Waals surface area contributed by atoms with Gasteiger partial charge in [0.15, 0.2) is 0 Å². The van der Waals surface area contributed by atoms with Gasteiger partial charge in [0.05, 0.1) is 0 Å². The summed E-state index contributed by atoms with van der Waals surface area (Å²) in [7, 11) is 0. The Hall–Kier alpha value is -1.85. The van der Waals surface area contributed by atoms with Crippen molar-refractivity contribution in [2.75, 3.05) is 0 Å². The lowest BCUT2D eigenvalue weighted by Gasteiger charge is -1.84. The maximum atomic E-state index is 10.2. The van der Waals surface area contributed by atoms with Crippen LogP contribution in [0.25, 0.3) is 0 Å². The number of carboxylic acids is 2. The Kier molecular flexibility index (Phi) is 2.97. The molecule has 0 fully saturated rings. The van der Waals surface area contributed by atoms with Gasteiger partial charge >= 0.3 is 11.9 Å². The predicted octanol–water partition coefficient (Wildman–Crippen LogP) is 0.829. The minimum atomic E-state index is -1.28. The van der Waals surface area contributed by atoms with E-state index in [9.17, 15) is 9.59 Å². The van der Waals surface area contributed by atoms with Crippen LogP contribution in [0.3, 0.4) is 0 Å². The highest BCUT2D eigenvalue weighted by atomic mass is 19.0. The van der Waals surface area contributed by atoms with Crippen LogP contribution in [0.1, 0.15) is 21.1 Å². The SMILES string of the molecule is F.O=C(O)c1ccc(C(=O)O)o1. The van der Waals surface area contributed by atoms with E-state index in [0.717, 1.165) is 12.1 Å². The lowest BCUT2D eigenvalue weighted by Crippen LogP contribution is -1.94. The number of carbonyl (C=O) groups is 2. The second kappa shape index (κ2) is 3.51. The Balaban J connectivity index is 0.00000121. The molecule has 1 aromatic heterocycles. The van der Waals surface area contributed by atoms with E-state index >= 15 is 0 Å². The minimum Gasteiger partial charge on any atom is -0.475 e. The first-order valence-corrected chi connectivity index (χ1v) is 2.67. The van der Waals surface area contributed by atoms with Crippen LogP contribution in [0.4, 0.5) is 4.70 Å². The summed E-state index contributed by atoms with van der Waals surface area (Å²) in [6.45, 7) is 0. The van der Waals surface area contributed by atoms with Gasteiger partial charge in [0.1, 0.15) is 0 Å². The molecule has 0 aromatic carbocycles. The number of hydrogen-bond acceptors (Lipinski definition) is 3. The lowest BCUT2D eigenvalue weighted by molar-refractivity contribution is 0.0632. The van der Waals surface area contributed by atoms with Crippen molar-refractivity contribution in [3.63, 3.8) is 0 Å². The quantitative estimate of drug-likeness (QED) is 0.696. The van der Waals surface area contributed by atoms with E-state index in [1.807, 2.05) is 0 Å². The first-order chi connectivity index (χ1) is 5.11. The van der Waals surface area contributed by atoms with Crippen LogP contribution in [-0.2, 0) is 0 Å². The van der Waals surface area contributed by atoms with Gasteiger partial charge in [-0.25, -0.2) is 9.59 Å². The zero-order valence-corrected chi connectivity index (χ0v) is 5.68. The molecule has 6 heteroatoms. The molecule has 66 valence electrons. The average molecular weight is 176 g/mol. The molecule has 12 heavy (non-hydrogen) atoms. The molecule has 5 nitrogen and oxygen atoms in total. The first-order valence-electron chi connectivity index (χ1n) is 2.67. The second-order valence-electron chi connectivity index (χ2n) is 1.77. The Morgan fingerprint density at radius 2 is 1.42 bits per heavy atom. The number of rotatable bonds is 2. The minimum absolute atomic E-state index is 0. The predicted molar refractivity (Wildman–Crippen MR) is 35.1 cm³/mol. The first kappa shape index (κ1) is 10.2. The molecular formula is C6H5FO5. The Bertz CT molecular complexity index is 274. The summed E-state index contributed by atoms with van der Waals surface area (Å²) in [5.74, 6) is -3.31. The smallest absolute Gasteiger partial charge is 0.371 e. The summed E-state index contributed by atoms with van der Waals surface area (Å²) in [5, 5.41) is 16.6. The number of carboxylic acid groups (broad SMARTS) is 2. The van der Waals surface area contributed by atoms with E-state index in [1.54, 1.807) is 0 Å². The summed E-state index contributed by atoms with van der Waals surface area (Å²) in [6, 6.07) is 2.18. The van der Waals surface area contributed by atoms with Crippen LogP contribution in [0.5, 0.6) is 0 Å². The van der Waals surface area contributed by atoms with E-state index in [1.165, 1.54) is 0 Å². The largest absolute Gasteiger partial charge is 0.475 e. The molecular weight excluding hydrogens is 171 g/mol. The number of hydrogen-bond donors (Lipinski definition) is 2. The van der Waals surface area contributed by atoms with Crippen molar-refractivity contribution in [1.82, 2.24) is 0 Å². The van der Waals surface area contributed by atoms with Crippen molar-refractivity contribution in [3.05, 3.63) is 23.7 Å². The van der Waals surface area contributed by atoms with Gasteiger partial charge in [0, 0.05) is 0 Å². The molecule has 0 bridgehead atoms. The van der Waals surface area contributed by atoms with E-state index < -0.39 is 11.9 Å². The highest BCUT2D eigenvalue weighted by molar-refractivity contribution is 5.88. The molecule has 1 rings (SSSR count). The molecule has 0 radical (unpaired) electrons. The summed E-state index contributed by atoms with van der Waals surface area (Å²) in [4.78, 5) is 20.3. The van der Waals surface area contributed by atoms with Crippen LogP contribution in [0.15, 0.2) is 16.5 Å². The molecule has 0 atom stereocenters. The van der Waals surface area contributed by atoms with Crippen LogP contribution in [0.2, 0.25) is 0 Å². The van der Waals surface area contributed by atoms with Gasteiger partial charge in [-0.1, -0.05) is 0 Å². The molecule has 0 spiro atoms. The number of halogens is 1. The van der Waals surface area contributed by atoms with Crippen molar-refractivity contribution < 1.29 is 28.9 Å². The summed E-state index contributed by atoms with van der Waals surface area (Å²) < 4.78 is 4.41. The van der Waals surface area contributed by atoms with E-state index in [2.05, 4.69) is 4.42 Å². The van der Waals surface area contributed by atoms with Crippen molar-refractivity contribution in [2.45, 2.75) is 0 Å². The van der Waals surface area contributed by atoms with Gasteiger partial charge < -0.3 is 14.6 Å². The van der Waals surface area contributed by atoms with Crippen molar-refractivity contribution >= 4 is 11.9 Å². The van der Waals surface area contributed by atoms with E-state index in [0.29, 0.717) is 0 Å². The van der Waals surface area contributed by atoms with Gasteiger partial charge in [0.25, 0.3) is 0 Å². The number of furan rings is 1. The number of aromatic carboxylic acids is 2. The molecule has 0 saturated heterocycles. The maximum Gasteiger partial charge on any atom is 0.371 e. The monoisotopic (exact) mass is 176 g/mol. The maximum absolute atomic E-state index is 10.2. The fourth-order valence-corrected chi connectivity index (χ4v) is 0.568. The van der Waals surface area contributed by atoms with Crippen molar-refractivity contribution in [3.8, 4) is 0 Å². The van der Waals surface area contributed by atoms with Crippen molar-refractivity contribution in [2.24, 2.45) is 0 Å². The second-order valence-corrected chi connectivity index (χ2v) is 1.77. The van der Waals surface area contributed by atoms with Crippen LogP contribution in [-0.4, -0.2) is 22.2 Å². The Labute approximate surface area is 65.6 Å². The fourth-order valence-electron chi connectivity index (χ4n) is 0.568. The third-order valence-electron chi connectivity index (χ3n) is 1.03. The highest BCUT2D eigenvalue weighted by Crippen LogP contribution is 2.06. The molecule has 0 aliphatic rings. The van der Waals surface area contributed by atoms with Crippen LogP contribution < -0.4 is 0 Å². The third-order valence-corrected chi connectivity index (χ3v) is 1.03.